The molecule has 1 aliphatic heterocycles. The van der Waals surface area contributed by atoms with E-state index < -0.39 is 52.7 Å². The zero-order chi connectivity index (χ0) is 45.9. The molecule has 6 rings (SSSR count). The Hall–Kier alpha value is -8.63. The number of carboxylic acids is 1. The van der Waals surface area contributed by atoms with E-state index in [0.717, 1.165) is 32.0 Å². The van der Waals surface area contributed by atoms with Crippen LogP contribution in [-0.2, 0) is 9.53 Å². The number of rotatable bonds is 15. The Bertz CT molecular complexity index is 2620. The van der Waals surface area contributed by atoms with Crippen molar-refractivity contribution in [1.29, 1.82) is 5.26 Å². The zero-order valence-corrected chi connectivity index (χ0v) is 34.3. The molecule has 0 aromatic heterocycles. The number of nitrogens with one attached hydrogen (secondary N) is 5. The SMILES string of the molecule is COc1c(NC(=O)c2ccc(NC(=O)c3ccc(NC(=O)C(CC#N)NC(=O)c4ccc(NC(=O)c5ccc(N6CCOCC6)cc5)cc4)cc3)c(OC)c2O)ccc(C(=O)O)c1O. The standard InChI is InChI=1S/C45H41N7O12/c1-62-38-33(17-15-31(36(38)53)43(58)50-34-18-16-32(45(60)61)37(54)39(34)63-2)49-41(56)25-5-11-29(12-6-25)48-44(59)35(19-20-46)51-42(57)26-3-9-28(10-4-26)47-40(55)27-7-13-30(14-8-27)52-21-23-64-24-22-52/h3-18,35,53-54H,19,21-24H2,1-2H3,(H,47,55)(H,48,59)(H,49,56)(H,50,58)(H,51,57)(H,60,61). The Kier molecular flexibility index (Phi) is 14.2. The highest BCUT2D eigenvalue weighted by molar-refractivity contribution is 6.10. The van der Waals surface area contributed by atoms with Crippen molar-refractivity contribution >= 4 is 63.9 Å². The summed E-state index contributed by atoms with van der Waals surface area (Å²) >= 11 is 0. The molecule has 1 atom stereocenters. The molecule has 0 spiro atoms. The van der Waals surface area contributed by atoms with Gasteiger partial charge in [-0.15, -0.1) is 0 Å². The Morgan fingerprint density at radius 2 is 1.11 bits per heavy atom. The van der Waals surface area contributed by atoms with Crippen LogP contribution in [-0.4, -0.2) is 97.4 Å². The number of methoxy groups -OCH3 is 2. The van der Waals surface area contributed by atoms with Crippen molar-refractivity contribution in [1.82, 2.24) is 5.32 Å². The minimum absolute atomic E-state index is 0.0139. The van der Waals surface area contributed by atoms with Gasteiger partial charge < -0.3 is 61.0 Å². The molecular weight excluding hydrogens is 831 g/mol. The molecule has 5 aromatic rings. The molecule has 19 heteroatoms. The van der Waals surface area contributed by atoms with Crippen molar-refractivity contribution in [3.05, 3.63) is 125 Å². The van der Waals surface area contributed by atoms with Crippen LogP contribution in [0.3, 0.4) is 0 Å². The first-order chi connectivity index (χ1) is 30.8. The summed E-state index contributed by atoms with van der Waals surface area (Å²) in [5, 5.41) is 52.9. The molecule has 0 bridgehead atoms. The van der Waals surface area contributed by atoms with E-state index in [0.29, 0.717) is 24.5 Å². The van der Waals surface area contributed by atoms with E-state index in [9.17, 15) is 49.3 Å². The average molecular weight is 872 g/mol. The lowest BCUT2D eigenvalue weighted by atomic mass is 10.1. The van der Waals surface area contributed by atoms with Crippen molar-refractivity contribution in [2.75, 3.05) is 66.7 Å². The van der Waals surface area contributed by atoms with Gasteiger partial charge in [0.1, 0.15) is 11.6 Å². The van der Waals surface area contributed by atoms with Crippen molar-refractivity contribution < 1.29 is 58.3 Å². The summed E-state index contributed by atoms with van der Waals surface area (Å²) < 4.78 is 15.7. The number of ether oxygens (including phenoxy) is 3. The fraction of sp³-hybridized carbons (Fsp3) is 0.178. The van der Waals surface area contributed by atoms with Crippen molar-refractivity contribution in [3.8, 4) is 29.1 Å². The normalized spacial score (nSPS) is 12.4. The summed E-state index contributed by atoms with van der Waals surface area (Å²) in [4.78, 5) is 79.1. The second-order valence-corrected chi connectivity index (χ2v) is 13.9. The van der Waals surface area contributed by atoms with Crippen LogP contribution in [0, 0.1) is 11.3 Å². The second-order valence-electron chi connectivity index (χ2n) is 13.9. The van der Waals surface area contributed by atoms with Gasteiger partial charge in [0, 0.05) is 46.8 Å². The first-order valence-electron chi connectivity index (χ1n) is 19.4. The molecule has 1 fully saturated rings. The molecule has 1 unspecified atom stereocenters. The van der Waals surface area contributed by atoms with Gasteiger partial charge in [-0.2, -0.15) is 5.26 Å². The average Bonchev–Trinajstić information content (AvgIpc) is 3.29. The lowest BCUT2D eigenvalue weighted by molar-refractivity contribution is -0.117. The minimum atomic E-state index is -1.42. The van der Waals surface area contributed by atoms with Crippen LogP contribution in [0.5, 0.6) is 23.0 Å². The number of nitriles is 1. The molecule has 0 aliphatic carbocycles. The largest absolute Gasteiger partial charge is 0.504 e. The number of carbonyl (C=O) groups is 6. The number of phenolic OH excluding ortho intramolecular Hbond substituents is 1. The zero-order valence-electron chi connectivity index (χ0n) is 34.3. The molecule has 0 saturated carbocycles. The van der Waals surface area contributed by atoms with Crippen LogP contribution in [0.2, 0.25) is 0 Å². The fourth-order valence-electron chi connectivity index (χ4n) is 6.52. The highest BCUT2D eigenvalue weighted by Crippen LogP contribution is 2.40. The van der Waals surface area contributed by atoms with Crippen LogP contribution in [0.1, 0.15) is 58.2 Å². The highest BCUT2D eigenvalue weighted by atomic mass is 16.5. The topological polar surface area (TPSA) is 278 Å². The molecule has 1 aliphatic rings. The van der Waals surface area contributed by atoms with E-state index in [-0.39, 0.29) is 57.6 Å². The number of carboxylic acid groups (broad SMARTS) is 1. The lowest BCUT2D eigenvalue weighted by Gasteiger charge is -2.28. The summed E-state index contributed by atoms with van der Waals surface area (Å²) in [6, 6.07) is 24.2. The van der Waals surface area contributed by atoms with Gasteiger partial charge >= 0.3 is 5.97 Å². The maximum Gasteiger partial charge on any atom is 0.339 e. The third-order valence-corrected chi connectivity index (χ3v) is 9.89. The van der Waals surface area contributed by atoms with Gasteiger partial charge in [-0.1, -0.05) is 0 Å². The number of hydrogen-bond acceptors (Lipinski definition) is 13. The van der Waals surface area contributed by atoms with E-state index in [1.54, 1.807) is 24.3 Å². The molecule has 1 heterocycles. The number of aromatic carboxylic acids is 1. The number of benzene rings is 5. The summed E-state index contributed by atoms with van der Waals surface area (Å²) in [6.45, 7) is 2.83. The van der Waals surface area contributed by atoms with Crippen LogP contribution < -0.4 is 41.0 Å². The van der Waals surface area contributed by atoms with Gasteiger partial charge in [-0.3, -0.25) is 24.0 Å². The number of anilines is 5. The Morgan fingerprint density at radius 1 is 0.641 bits per heavy atom. The lowest BCUT2D eigenvalue weighted by Crippen LogP contribution is -2.43. The molecule has 0 radical (unpaired) electrons. The number of nitrogens with zero attached hydrogens (tertiary/aromatic N) is 2. The van der Waals surface area contributed by atoms with E-state index in [4.69, 9.17) is 14.2 Å². The second kappa shape index (κ2) is 20.3. The number of morpholine rings is 1. The van der Waals surface area contributed by atoms with Crippen LogP contribution >= 0.6 is 0 Å². The molecule has 64 heavy (non-hydrogen) atoms. The molecule has 8 N–H and O–H groups in total. The monoisotopic (exact) mass is 871 g/mol. The van der Waals surface area contributed by atoms with Gasteiger partial charge in [0.05, 0.1) is 56.9 Å². The molecule has 1 saturated heterocycles. The van der Waals surface area contributed by atoms with Crippen molar-refractivity contribution in [3.63, 3.8) is 0 Å². The molecular formula is C45H41N7O12. The van der Waals surface area contributed by atoms with Gasteiger partial charge in [-0.25, -0.2) is 4.79 Å². The van der Waals surface area contributed by atoms with Crippen molar-refractivity contribution in [2.45, 2.75) is 12.5 Å². The maximum atomic E-state index is 13.2. The van der Waals surface area contributed by atoms with E-state index >= 15 is 0 Å². The molecule has 5 aromatic carbocycles. The summed E-state index contributed by atoms with van der Waals surface area (Å²) in [7, 11) is 2.36. The van der Waals surface area contributed by atoms with E-state index in [1.165, 1.54) is 61.7 Å². The number of carbonyl (C=O) groups excluding carboxylic acids is 5. The summed E-state index contributed by atoms with van der Waals surface area (Å²) in [5.41, 5.74) is 1.54. The van der Waals surface area contributed by atoms with Crippen LogP contribution in [0.25, 0.3) is 0 Å². The third-order valence-electron chi connectivity index (χ3n) is 9.89. The molecule has 328 valence electrons. The smallest absolute Gasteiger partial charge is 0.339 e. The van der Waals surface area contributed by atoms with Gasteiger partial charge in [0.2, 0.25) is 5.91 Å². The summed E-state index contributed by atoms with van der Waals surface area (Å²) in [6.07, 6.45) is -0.358. The number of amides is 5. The molecule has 19 nitrogen and oxygen atoms in total. The first kappa shape index (κ1) is 44.9. The minimum Gasteiger partial charge on any atom is -0.504 e. The quantitative estimate of drug-likeness (QED) is 0.0683. The van der Waals surface area contributed by atoms with E-state index in [2.05, 4.69) is 31.5 Å². The Balaban J connectivity index is 1.03. The van der Waals surface area contributed by atoms with Crippen molar-refractivity contribution in [2.24, 2.45) is 0 Å². The molecule has 5 amide bonds. The van der Waals surface area contributed by atoms with Gasteiger partial charge in [0.15, 0.2) is 23.0 Å². The highest BCUT2D eigenvalue weighted by Gasteiger charge is 2.25. The van der Waals surface area contributed by atoms with Crippen LogP contribution in [0.4, 0.5) is 28.4 Å². The van der Waals surface area contributed by atoms with E-state index in [1.807, 2.05) is 18.2 Å². The van der Waals surface area contributed by atoms with Gasteiger partial charge in [0.25, 0.3) is 23.6 Å². The maximum absolute atomic E-state index is 13.2. The number of aromatic hydroxyl groups is 2. The third kappa shape index (κ3) is 10.4. The van der Waals surface area contributed by atoms with Gasteiger partial charge in [-0.05, 0) is 97.1 Å². The Morgan fingerprint density at radius 3 is 1.64 bits per heavy atom. The Labute approximate surface area is 365 Å². The van der Waals surface area contributed by atoms with Crippen LogP contribution in [0.15, 0.2) is 97.1 Å². The predicted molar refractivity (Wildman–Crippen MR) is 233 cm³/mol. The number of phenols is 2. The number of hydrogen-bond donors (Lipinski definition) is 8. The predicted octanol–water partition coefficient (Wildman–Crippen LogP) is 5.06. The first-order valence-corrected chi connectivity index (χ1v) is 19.4. The fourth-order valence-corrected chi connectivity index (χ4v) is 6.52. The summed E-state index contributed by atoms with van der Waals surface area (Å²) in [5.74, 6) is -6.61.